The number of amides is 1. The van der Waals surface area contributed by atoms with E-state index in [-0.39, 0.29) is 12.5 Å². The van der Waals surface area contributed by atoms with Crippen molar-refractivity contribution < 1.29 is 14.1 Å². The van der Waals surface area contributed by atoms with Gasteiger partial charge in [-0.2, -0.15) is 4.98 Å². The van der Waals surface area contributed by atoms with Crippen LogP contribution in [0.5, 0.6) is 5.75 Å². The van der Waals surface area contributed by atoms with Crippen molar-refractivity contribution in [3.05, 3.63) is 64.0 Å². The Bertz CT molecular complexity index is 1000. The van der Waals surface area contributed by atoms with E-state index >= 15 is 0 Å². The molecule has 152 valence electrons. The Kier molecular flexibility index (Phi) is 6.69. The molecule has 0 bridgehead atoms. The number of rotatable bonds is 7. The molecule has 6 nitrogen and oxygen atoms in total. The van der Waals surface area contributed by atoms with E-state index in [1.54, 1.807) is 6.92 Å². The molecule has 1 aromatic heterocycles. The standard InChI is InChI=1S/C22H24BrN3O3/c1-13(2)18-9-8-14(3)10-19(18)28-15(4)22(27)24-12-20-25-21(26-29-20)16-6-5-7-17(23)11-16/h5-11,13,15H,12H2,1-4H3,(H,24,27)/t15-/m0/s1. The Morgan fingerprint density at radius 3 is 2.72 bits per heavy atom. The van der Waals surface area contributed by atoms with E-state index in [0.29, 0.717) is 17.6 Å². The van der Waals surface area contributed by atoms with Crippen molar-refractivity contribution in [3.8, 4) is 17.1 Å². The molecule has 0 saturated carbocycles. The van der Waals surface area contributed by atoms with Crippen LogP contribution < -0.4 is 10.1 Å². The molecule has 0 aliphatic rings. The lowest BCUT2D eigenvalue weighted by Crippen LogP contribution is -2.36. The lowest BCUT2D eigenvalue weighted by Gasteiger charge is -2.19. The second kappa shape index (κ2) is 9.22. The first-order valence-electron chi connectivity index (χ1n) is 9.47. The van der Waals surface area contributed by atoms with Crippen molar-refractivity contribution in [1.82, 2.24) is 15.5 Å². The Balaban J connectivity index is 1.61. The number of carbonyl (C=O) groups excluding carboxylic acids is 1. The minimum atomic E-state index is -0.651. The van der Waals surface area contributed by atoms with Crippen LogP contribution >= 0.6 is 15.9 Å². The zero-order valence-electron chi connectivity index (χ0n) is 16.9. The van der Waals surface area contributed by atoms with Gasteiger partial charge in [-0.3, -0.25) is 4.79 Å². The monoisotopic (exact) mass is 457 g/mol. The molecule has 29 heavy (non-hydrogen) atoms. The maximum atomic E-state index is 12.5. The Hall–Kier alpha value is -2.67. The smallest absolute Gasteiger partial charge is 0.261 e. The minimum Gasteiger partial charge on any atom is -0.481 e. The summed E-state index contributed by atoms with van der Waals surface area (Å²) in [6.45, 7) is 8.06. The van der Waals surface area contributed by atoms with Gasteiger partial charge in [-0.1, -0.05) is 59.2 Å². The lowest BCUT2D eigenvalue weighted by atomic mass is 10.0. The molecule has 0 unspecified atom stereocenters. The highest BCUT2D eigenvalue weighted by molar-refractivity contribution is 9.10. The fourth-order valence-corrected chi connectivity index (χ4v) is 3.24. The summed E-state index contributed by atoms with van der Waals surface area (Å²) >= 11 is 3.42. The van der Waals surface area contributed by atoms with E-state index in [2.05, 4.69) is 45.2 Å². The third kappa shape index (κ3) is 5.44. The maximum Gasteiger partial charge on any atom is 0.261 e. The van der Waals surface area contributed by atoms with E-state index in [1.807, 2.05) is 49.4 Å². The summed E-state index contributed by atoms with van der Waals surface area (Å²) in [6.07, 6.45) is -0.651. The first-order valence-corrected chi connectivity index (χ1v) is 10.3. The van der Waals surface area contributed by atoms with Crippen LogP contribution in [-0.4, -0.2) is 22.2 Å². The van der Waals surface area contributed by atoms with Crippen molar-refractivity contribution in [3.63, 3.8) is 0 Å². The molecule has 0 aliphatic heterocycles. The predicted octanol–water partition coefficient (Wildman–Crippen LogP) is 5.01. The predicted molar refractivity (Wildman–Crippen MR) is 115 cm³/mol. The number of nitrogens with one attached hydrogen (secondary N) is 1. The Morgan fingerprint density at radius 1 is 1.21 bits per heavy atom. The summed E-state index contributed by atoms with van der Waals surface area (Å²) in [6, 6.07) is 13.7. The van der Waals surface area contributed by atoms with Gasteiger partial charge in [-0.05, 0) is 49.1 Å². The number of hydrogen-bond acceptors (Lipinski definition) is 5. The fraction of sp³-hybridized carbons (Fsp3) is 0.318. The molecule has 3 aromatic rings. The summed E-state index contributed by atoms with van der Waals surface area (Å²) in [5.41, 5.74) is 2.99. The van der Waals surface area contributed by atoms with Gasteiger partial charge in [0.2, 0.25) is 11.7 Å². The van der Waals surface area contributed by atoms with E-state index < -0.39 is 6.10 Å². The highest BCUT2D eigenvalue weighted by Crippen LogP contribution is 2.28. The molecule has 1 amide bonds. The molecule has 0 fully saturated rings. The third-order valence-electron chi connectivity index (χ3n) is 4.43. The minimum absolute atomic E-state index is 0.137. The SMILES string of the molecule is Cc1ccc(C(C)C)c(O[C@@H](C)C(=O)NCc2nc(-c3cccc(Br)c3)no2)c1. The van der Waals surface area contributed by atoms with E-state index in [0.717, 1.165) is 26.9 Å². The number of nitrogens with zero attached hydrogens (tertiary/aromatic N) is 2. The van der Waals surface area contributed by atoms with E-state index in [9.17, 15) is 4.79 Å². The van der Waals surface area contributed by atoms with Crippen LogP contribution in [0.4, 0.5) is 0 Å². The van der Waals surface area contributed by atoms with Crippen LogP contribution in [0.25, 0.3) is 11.4 Å². The topological polar surface area (TPSA) is 77.2 Å². The second-order valence-electron chi connectivity index (χ2n) is 7.20. The van der Waals surface area contributed by atoms with Gasteiger partial charge < -0.3 is 14.6 Å². The number of carbonyl (C=O) groups is 1. The summed E-state index contributed by atoms with van der Waals surface area (Å²) in [5, 5.41) is 6.76. The normalized spacial score (nSPS) is 12.1. The number of hydrogen-bond donors (Lipinski definition) is 1. The van der Waals surface area contributed by atoms with E-state index in [1.165, 1.54) is 0 Å². The molecule has 1 heterocycles. The lowest BCUT2D eigenvalue weighted by molar-refractivity contribution is -0.127. The Morgan fingerprint density at radius 2 is 2.00 bits per heavy atom. The fourth-order valence-electron chi connectivity index (χ4n) is 2.84. The summed E-state index contributed by atoms with van der Waals surface area (Å²) in [7, 11) is 0. The van der Waals surface area contributed by atoms with Crippen molar-refractivity contribution in [2.24, 2.45) is 0 Å². The Labute approximate surface area is 178 Å². The average molecular weight is 458 g/mol. The molecule has 1 atom stereocenters. The summed E-state index contributed by atoms with van der Waals surface area (Å²) < 4.78 is 12.1. The molecule has 0 saturated heterocycles. The van der Waals surface area contributed by atoms with Gasteiger partial charge in [-0.25, -0.2) is 0 Å². The van der Waals surface area contributed by atoms with Crippen molar-refractivity contribution in [2.45, 2.75) is 46.3 Å². The number of aromatic nitrogens is 2. The molecule has 0 spiro atoms. The first kappa shape index (κ1) is 21.0. The molecule has 3 rings (SSSR count). The molecule has 1 N–H and O–H groups in total. The van der Waals surface area contributed by atoms with Gasteiger partial charge in [0.25, 0.3) is 5.91 Å². The first-order chi connectivity index (χ1) is 13.8. The van der Waals surface area contributed by atoms with Crippen molar-refractivity contribution in [1.29, 1.82) is 0 Å². The van der Waals surface area contributed by atoms with Crippen molar-refractivity contribution >= 4 is 21.8 Å². The largest absolute Gasteiger partial charge is 0.481 e. The summed E-state index contributed by atoms with van der Waals surface area (Å²) in [5.74, 6) is 1.59. The third-order valence-corrected chi connectivity index (χ3v) is 4.92. The second-order valence-corrected chi connectivity index (χ2v) is 8.11. The number of aryl methyl sites for hydroxylation is 1. The van der Waals surface area contributed by atoms with E-state index in [4.69, 9.17) is 9.26 Å². The molecule has 2 aromatic carbocycles. The van der Waals surface area contributed by atoms with Crippen molar-refractivity contribution in [2.75, 3.05) is 0 Å². The van der Waals surface area contributed by atoms with Gasteiger partial charge >= 0.3 is 0 Å². The quantitative estimate of drug-likeness (QED) is 0.539. The van der Waals surface area contributed by atoms with Gasteiger partial charge in [-0.15, -0.1) is 0 Å². The number of ether oxygens (including phenoxy) is 1. The molecule has 0 aliphatic carbocycles. The molecular formula is C22H24BrN3O3. The van der Waals surface area contributed by atoms with Crippen LogP contribution in [0, 0.1) is 6.92 Å². The summed E-state index contributed by atoms with van der Waals surface area (Å²) in [4.78, 5) is 16.8. The number of halogens is 1. The highest BCUT2D eigenvalue weighted by atomic mass is 79.9. The zero-order chi connectivity index (χ0) is 21.0. The average Bonchev–Trinajstić information content (AvgIpc) is 3.15. The highest BCUT2D eigenvalue weighted by Gasteiger charge is 2.18. The van der Waals surface area contributed by atoms with Crippen LogP contribution in [0.15, 0.2) is 51.5 Å². The maximum absolute atomic E-state index is 12.5. The van der Waals surface area contributed by atoms with Gasteiger partial charge in [0.1, 0.15) is 5.75 Å². The number of benzene rings is 2. The molecular weight excluding hydrogens is 434 g/mol. The van der Waals surface area contributed by atoms with Gasteiger partial charge in [0.15, 0.2) is 6.10 Å². The van der Waals surface area contributed by atoms with Crippen LogP contribution in [0.3, 0.4) is 0 Å². The molecule has 0 radical (unpaired) electrons. The molecule has 7 heteroatoms. The van der Waals surface area contributed by atoms with Crippen LogP contribution in [-0.2, 0) is 11.3 Å². The van der Waals surface area contributed by atoms with Gasteiger partial charge in [0.05, 0.1) is 6.54 Å². The zero-order valence-corrected chi connectivity index (χ0v) is 18.5. The van der Waals surface area contributed by atoms with Gasteiger partial charge in [0, 0.05) is 10.0 Å². The van der Waals surface area contributed by atoms with Crippen LogP contribution in [0.2, 0.25) is 0 Å². The van der Waals surface area contributed by atoms with Crippen LogP contribution in [0.1, 0.15) is 43.7 Å².